The maximum absolute atomic E-state index is 13.4. The summed E-state index contributed by atoms with van der Waals surface area (Å²) in [6.07, 6.45) is 63.3. The monoisotopic (exact) mass is 1420 g/mol. The highest BCUT2D eigenvalue weighted by molar-refractivity contribution is 5.76. The van der Waals surface area contributed by atoms with Gasteiger partial charge in [-0.05, 0) is 128 Å². The molecule has 19 heteroatoms. The molecule has 3 fully saturated rings. The minimum atomic E-state index is -2.00. The first kappa shape index (κ1) is 90.4. The first-order chi connectivity index (χ1) is 49.3. The van der Waals surface area contributed by atoms with Crippen molar-refractivity contribution in [1.29, 1.82) is 0 Å². The van der Waals surface area contributed by atoms with Crippen LogP contribution in [0.3, 0.4) is 0 Å². The van der Waals surface area contributed by atoms with E-state index in [0.717, 1.165) is 116 Å². The van der Waals surface area contributed by atoms with E-state index in [2.05, 4.69) is 177 Å². The molecule has 0 aromatic carbocycles. The van der Waals surface area contributed by atoms with Crippen LogP contribution in [-0.4, -0.2) is 193 Å². The normalized spacial score (nSPS) is 27.3. The fraction of sp³-hybridized carbons (Fsp3) is 0.646. The van der Waals surface area contributed by atoms with Crippen LogP contribution in [0.15, 0.2) is 170 Å². The second-order valence-corrected chi connectivity index (χ2v) is 26.0. The SMILES string of the molecule is CC/C=C\C/C=C\C/C=C\C/C=C\C/C=C\C/C=C\C/C=C\C/C=C\C/C=C\C/C=C\C/C=C\CCCCCC(=O)NC(COC1OC(CO)C(OC2OC(CO)C(OC3OC(CO)C(O)C(O)C3O)C(O)C2O)C(O)C1O)C(O)/C=C/CC/C=C/CC/C=C/CCCCCCCCCCC. The quantitative estimate of drug-likeness (QED) is 0.0199. The third-order valence-corrected chi connectivity index (χ3v) is 17.5. The number of carbonyl (C=O) groups is 1. The molecule has 0 aliphatic carbocycles. The van der Waals surface area contributed by atoms with Crippen molar-refractivity contribution in [3.63, 3.8) is 0 Å². The summed E-state index contributed by atoms with van der Waals surface area (Å²) in [7, 11) is 0. The van der Waals surface area contributed by atoms with E-state index in [1.54, 1.807) is 6.08 Å². The minimum absolute atomic E-state index is 0.180. The predicted molar refractivity (Wildman–Crippen MR) is 401 cm³/mol. The van der Waals surface area contributed by atoms with Gasteiger partial charge in [0, 0.05) is 6.42 Å². The summed E-state index contributed by atoms with van der Waals surface area (Å²) in [4.78, 5) is 13.4. The molecule has 17 unspecified atom stereocenters. The molecule has 19 nitrogen and oxygen atoms in total. The molecule has 12 N–H and O–H groups in total. The Hall–Kier alpha value is -4.85. The molecule has 3 saturated heterocycles. The maximum atomic E-state index is 13.4. The molecular weight excluding hydrogens is 1290 g/mol. The third kappa shape index (κ3) is 40.9. The van der Waals surface area contributed by atoms with E-state index in [1.165, 1.54) is 57.8 Å². The van der Waals surface area contributed by atoms with Crippen LogP contribution in [0.4, 0.5) is 0 Å². The van der Waals surface area contributed by atoms with E-state index in [4.69, 9.17) is 28.4 Å². The van der Waals surface area contributed by atoms with Gasteiger partial charge < -0.3 is 89.9 Å². The van der Waals surface area contributed by atoms with Gasteiger partial charge in [0.1, 0.15) is 73.2 Å². The van der Waals surface area contributed by atoms with Gasteiger partial charge in [-0.2, -0.15) is 0 Å². The summed E-state index contributed by atoms with van der Waals surface area (Å²) in [5, 5.41) is 121. The van der Waals surface area contributed by atoms with Gasteiger partial charge in [-0.15, -0.1) is 0 Å². The Morgan fingerprint density at radius 1 is 0.366 bits per heavy atom. The number of nitrogens with one attached hydrogen (secondary N) is 1. The highest BCUT2D eigenvalue weighted by Crippen LogP contribution is 2.33. The molecule has 17 atom stereocenters. The summed E-state index contributed by atoms with van der Waals surface area (Å²) in [6, 6.07) is -1.03. The summed E-state index contributed by atoms with van der Waals surface area (Å²) in [5.41, 5.74) is 0. The van der Waals surface area contributed by atoms with Crippen LogP contribution in [0.2, 0.25) is 0 Å². The van der Waals surface area contributed by atoms with Crippen molar-refractivity contribution in [3.8, 4) is 0 Å². The lowest BCUT2D eigenvalue weighted by Crippen LogP contribution is -2.66. The van der Waals surface area contributed by atoms with Gasteiger partial charge >= 0.3 is 0 Å². The number of aliphatic hydroxyl groups excluding tert-OH is 11. The minimum Gasteiger partial charge on any atom is -0.394 e. The molecule has 3 aliphatic rings. The maximum Gasteiger partial charge on any atom is 0.220 e. The largest absolute Gasteiger partial charge is 0.394 e. The van der Waals surface area contributed by atoms with Crippen molar-refractivity contribution in [2.45, 2.75) is 311 Å². The van der Waals surface area contributed by atoms with Gasteiger partial charge in [-0.1, -0.05) is 242 Å². The summed E-state index contributed by atoms with van der Waals surface area (Å²) in [6.45, 7) is 1.54. The average Bonchev–Trinajstić information content (AvgIpc) is 0.789. The number of ether oxygens (including phenoxy) is 6. The Balaban J connectivity index is 1.41. The van der Waals surface area contributed by atoms with E-state index in [0.29, 0.717) is 12.8 Å². The topological polar surface area (TPSA) is 307 Å². The number of allylic oxidation sites excluding steroid dienone is 27. The number of carbonyl (C=O) groups excluding carboxylic acids is 1. The molecule has 3 rings (SSSR count). The van der Waals surface area contributed by atoms with Gasteiger partial charge in [0.2, 0.25) is 5.91 Å². The molecule has 572 valence electrons. The van der Waals surface area contributed by atoms with Crippen LogP contribution < -0.4 is 5.32 Å². The predicted octanol–water partition coefficient (Wildman–Crippen LogP) is 11.8. The van der Waals surface area contributed by atoms with E-state index in [9.17, 15) is 61.0 Å². The average molecular weight is 1420 g/mol. The van der Waals surface area contributed by atoms with Crippen molar-refractivity contribution in [2.75, 3.05) is 26.4 Å². The lowest BCUT2D eigenvalue weighted by molar-refractivity contribution is -0.379. The van der Waals surface area contributed by atoms with Crippen LogP contribution in [0.1, 0.15) is 206 Å². The van der Waals surface area contributed by atoms with Gasteiger partial charge in [-0.25, -0.2) is 0 Å². The van der Waals surface area contributed by atoms with Gasteiger partial charge in [0.05, 0.1) is 38.6 Å². The molecule has 101 heavy (non-hydrogen) atoms. The van der Waals surface area contributed by atoms with Gasteiger partial charge in [-0.3, -0.25) is 4.79 Å². The zero-order chi connectivity index (χ0) is 73.2. The van der Waals surface area contributed by atoms with Crippen LogP contribution >= 0.6 is 0 Å². The number of aliphatic hydroxyl groups is 11. The number of unbranched alkanes of at least 4 members (excludes halogenated alkanes) is 14. The standard InChI is InChI=1S/C82H131NO18/c1-3-5-7-9-11-13-15-17-19-21-23-24-25-26-27-28-29-30-31-32-33-34-35-36-37-38-39-40-42-44-46-48-50-52-54-56-58-60-70(88)83-65(66(87)59-57-55-53-51-49-47-45-43-41-22-20-18-16-14-12-10-8-6-4-2)64-96-80-76(94)73(91)78(68(62-85)98-80)101-82-77(95)74(92)79(69(63-86)99-82)100-81-75(93)72(90)71(89)67(61-84)97-81/h5,7,11,13,17,19,23-24,26-27,29-30,32-33,35-36,38-39,41-44,48-51,57,59,65-69,71-82,84-87,89-95H,3-4,6,8-10,12,14-16,18,20-22,25,28,31,34,37,40,45-47,52-56,58,60-64H2,1-2H3,(H,83,88)/b7-5-,13-11-,19-17-,24-23-,27-26-,30-29-,33-32-,36-35-,39-38-,43-41+,44-42-,50-48-,51-49+,59-57+. The zero-order valence-electron chi connectivity index (χ0n) is 60.8. The molecule has 1 amide bonds. The fourth-order valence-corrected chi connectivity index (χ4v) is 11.4. The number of amides is 1. The molecular formula is C82H131NO18. The molecule has 3 heterocycles. The van der Waals surface area contributed by atoms with E-state index < -0.39 is 131 Å². The molecule has 0 aromatic rings. The second kappa shape index (κ2) is 60.4. The first-order valence-corrected chi connectivity index (χ1v) is 37.9. The molecule has 0 radical (unpaired) electrons. The smallest absolute Gasteiger partial charge is 0.220 e. The number of rotatable bonds is 56. The Kier molecular flexibility index (Phi) is 54.1. The molecule has 0 aromatic heterocycles. The summed E-state index contributed by atoms with van der Waals surface area (Å²) < 4.78 is 34.3. The Morgan fingerprint density at radius 2 is 0.693 bits per heavy atom. The highest BCUT2D eigenvalue weighted by Gasteiger charge is 2.53. The van der Waals surface area contributed by atoms with Crippen molar-refractivity contribution >= 4 is 5.91 Å². The molecule has 0 bridgehead atoms. The Labute approximate surface area is 605 Å². The van der Waals surface area contributed by atoms with Gasteiger partial charge in [0.25, 0.3) is 0 Å². The van der Waals surface area contributed by atoms with E-state index in [1.807, 2.05) is 6.08 Å². The Bertz CT molecular complexity index is 2490. The summed E-state index contributed by atoms with van der Waals surface area (Å²) in [5.74, 6) is -0.329. The van der Waals surface area contributed by atoms with Crippen molar-refractivity contribution in [3.05, 3.63) is 170 Å². The lowest BCUT2D eigenvalue weighted by atomic mass is 9.96. The van der Waals surface area contributed by atoms with Crippen molar-refractivity contribution in [2.24, 2.45) is 0 Å². The lowest BCUT2D eigenvalue weighted by Gasteiger charge is -2.48. The Morgan fingerprint density at radius 3 is 1.11 bits per heavy atom. The number of hydrogen-bond acceptors (Lipinski definition) is 18. The molecule has 0 saturated carbocycles. The molecule has 3 aliphatic heterocycles. The van der Waals surface area contributed by atoms with E-state index in [-0.39, 0.29) is 12.3 Å². The van der Waals surface area contributed by atoms with E-state index >= 15 is 0 Å². The van der Waals surface area contributed by atoms with Gasteiger partial charge in [0.15, 0.2) is 18.9 Å². The molecule has 0 spiro atoms. The van der Waals surface area contributed by atoms with Crippen LogP contribution in [0.25, 0.3) is 0 Å². The van der Waals surface area contributed by atoms with Crippen LogP contribution in [-0.2, 0) is 33.2 Å². The first-order valence-electron chi connectivity index (χ1n) is 37.9. The number of hydrogen-bond donors (Lipinski definition) is 12. The zero-order valence-corrected chi connectivity index (χ0v) is 60.8. The third-order valence-electron chi connectivity index (χ3n) is 17.5. The van der Waals surface area contributed by atoms with Crippen molar-refractivity contribution in [1.82, 2.24) is 5.32 Å². The highest BCUT2D eigenvalue weighted by atomic mass is 16.8. The van der Waals surface area contributed by atoms with Crippen molar-refractivity contribution < 1.29 is 89.4 Å². The second-order valence-electron chi connectivity index (χ2n) is 26.0. The van der Waals surface area contributed by atoms with Crippen LogP contribution in [0, 0.1) is 0 Å². The van der Waals surface area contributed by atoms with Crippen LogP contribution in [0.5, 0.6) is 0 Å². The summed E-state index contributed by atoms with van der Waals surface area (Å²) >= 11 is 0. The fourth-order valence-electron chi connectivity index (χ4n) is 11.4.